The standard InChI is InChI=1S/C14H17N5S2/c1-8(15)6-11-12(18-14-19(11)4-5-20-14)21-13-16-9(2)7-10(3)17-13/h4-5,7-8H,6,15H2,1-3H3. The van der Waals surface area contributed by atoms with Crippen LogP contribution in [0.25, 0.3) is 4.96 Å². The lowest BCUT2D eigenvalue weighted by Gasteiger charge is -2.07. The highest BCUT2D eigenvalue weighted by molar-refractivity contribution is 7.99. The van der Waals surface area contributed by atoms with Crippen molar-refractivity contribution in [2.45, 2.75) is 43.4 Å². The molecule has 21 heavy (non-hydrogen) atoms. The molecule has 0 saturated carbocycles. The highest BCUT2D eigenvalue weighted by Crippen LogP contribution is 2.30. The van der Waals surface area contributed by atoms with E-state index in [1.807, 2.05) is 38.4 Å². The van der Waals surface area contributed by atoms with Gasteiger partial charge in [0.1, 0.15) is 5.03 Å². The molecule has 0 aliphatic carbocycles. The summed E-state index contributed by atoms with van der Waals surface area (Å²) in [5.74, 6) is 0. The van der Waals surface area contributed by atoms with Crippen LogP contribution < -0.4 is 5.73 Å². The van der Waals surface area contributed by atoms with Crippen molar-refractivity contribution in [1.29, 1.82) is 0 Å². The van der Waals surface area contributed by atoms with Gasteiger partial charge in [-0.05, 0) is 38.6 Å². The molecular weight excluding hydrogens is 302 g/mol. The summed E-state index contributed by atoms with van der Waals surface area (Å²) in [6.07, 6.45) is 2.82. The number of fused-ring (bicyclic) bond motifs is 1. The summed E-state index contributed by atoms with van der Waals surface area (Å²) >= 11 is 3.14. The first-order valence-electron chi connectivity index (χ1n) is 6.73. The summed E-state index contributed by atoms with van der Waals surface area (Å²) < 4.78 is 2.11. The summed E-state index contributed by atoms with van der Waals surface area (Å²) in [5, 5.41) is 3.72. The molecule has 0 saturated heterocycles. The van der Waals surface area contributed by atoms with Crippen LogP contribution in [0, 0.1) is 13.8 Å². The third-order valence-electron chi connectivity index (χ3n) is 2.99. The van der Waals surface area contributed by atoms with Crippen LogP contribution in [0.2, 0.25) is 0 Å². The number of rotatable bonds is 4. The van der Waals surface area contributed by atoms with E-state index >= 15 is 0 Å². The number of imidazole rings is 1. The fourth-order valence-electron chi connectivity index (χ4n) is 2.21. The Balaban J connectivity index is 2.00. The Bertz CT molecular complexity index is 755. The van der Waals surface area contributed by atoms with Crippen molar-refractivity contribution in [2.75, 3.05) is 0 Å². The largest absolute Gasteiger partial charge is 0.328 e. The third-order valence-corrected chi connectivity index (χ3v) is 4.63. The molecule has 1 atom stereocenters. The van der Waals surface area contributed by atoms with Gasteiger partial charge in [0.25, 0.3) is 0 Å². The van der Waals surface area contributed by atoms with Crippen molar-refractivity contribution >= 4 is 28.1 Å². The fourth-order valence-corrected chi connectivity index (χ4v) is 3.99. The normalized spacial score (nSPS) is 13.0. The summed E-state index contributed by atoms with van der Waals surface area (Å²) in [4.78, 5) is 14.6. The van der Waals surface area contributed by atoms with Gasteiger partial charge in [-0.1, -0.05) is 0 Å². The monoisotopic (exact) mass is 319 g/mol. The smallest absolute Gasteiger partial charge is 0.194 e. The van der Waals surface area contributed by atoms with E-state index in [4.69, 9.17) is 5.73 Å². The molecule has 3 heterocycles. The molecule has 110 valence electrons. The van der Waals surface area contributed by atoms with E-state index in [1.165, 1.54) is 11.8 Å². The number of nitrogens with two attached hydrogens (primary N) is 1. The van der Waals surface area contributed by atoms with E-state index in [2.05, 4.69) is 19.4 Å². The molecule has 5 nitrogen and oxygen atoms in total. The summed E-state index contributed by atoms with van der Waals surface area (Å²) in [6, 6.07) is 2.06. The first-order valence-corrected chi connectivity index (χ1v) is 8.42. The lowest BCUT2D eigenvalue weighted by Crippen LogP contribution is -2.19. The Morgan fingerprint density at radius 3 is 2.67 bits per heavy atom. The first-order chi connectivity index (χ1) is 10.0. The molecule has 3 aromatic heterocycles. The number of aryl methyl sites for hydroxylation is 2. The molecule has 0 spiro atoms. The maximum absolute atomic E-state index is 5.98. The Hall–Kier alpha value is -1.44. The van der Waals surface area contributed by atoms with Crippen molar-refractivity contribution in [3.05, 3.63) is 34.7 Å². The Morgan fingerprint density at radius 1 is 1.29 bits per heavy atom. The molecule has 0 aliphatic rings. The van der Waals surface area contributed by atoms with Crippen LogP contribution in [0.3, 0.4) is 0 Å². The van der Waals surface area contributed by atoms with Crippen molar-refractivity contribution in [3.63, 3.8) is 0 Å². The van der Waals surface area contributed by atoms with Gasteiger partial charge in [-0.2, -0.15) is 0 Å². The minimum absolute atomic E-state index is 0.0873. The van der Waals surface area contributed by atoms with Crippen LogP contribution >= 0.6 is 23.1 Å². The van der Waals surface area contributed by atoms with Gasteiger partial charge in [-0.25, -0.2) is 15.0 Å². The Kier molecular flexibility index (Phi) is 3.97. The van der Waals surface area contributed by atoms with E-state index < -0.39 is 0 Å². The van der Waals surface area contributed by atoms with Gasteiger partial charge < -0.3 is 5.73 Å². The van der Waals surface area contributed by atoms with Crippen LogP contribution in [-0.4, -0.2) is 25.4 Å². The summed E-state index contributed by atoms with van der Waals surface area (Å²) in [6.45, 7) is 5.97. The second-order valence-electron chi connectivity index (χ2n) is 5.14. The molecule has 3 rings (SSSR count). The van der Waals surface area contributed by atoms with Gasteiger partial charge in [0.2, 0.25) is 0 Å². The molecule has 0 amide bonds. The predicted octanol–water partition coefficient (Wildman–Crippen LogP) is 2.84. The molecule has 0 fully saturated rings. The molecule has 7 heteroatoms. The lowest BCUT2D eigenvalue weighted by atomic mass is 10.2. The van der Waals surface area contributed by atoms with Crippen LogP contribution in [0.4, 0.5) is 0 Å². The van der Waals surface area contributed by atoms with Crippen molar-refractivity contribution in [3.8, 4) is 0 Å². The average molecular weight is 319 g/mol. The zero-order valence-corrected chi connectivity index (χ0v) is 13.8. The topological polar surface area (TPSA) is 69.1 Å². The SMILES string of the molecule is Cc1cc(C)nc(Sc2nc3sccn3c2CC(C)N)n1. The lowest BCUT2D eigenvalue weighted by molar-refractivity contribution is 0.705. The van der Waals surface area contributed by atoms with Crippen molar-refractivity contribution in [1.82, 2.24) is 19.4 Å². The zero-order chi connectivity index (χ0) is 15.0. The maximum Gasteiger partial charge on any atom is 0.194 e. The van der Waals surface area contributed by atoms with Crippen LogP contribution in [0.1, 0.15) is 24.0 Å². The summed E-state index contributed by atoms with van der Waals surface area (Å²) in [7, 11) is 0. The van der Waals surface area contributed by atoms with Crippen LogP contribution in [0.5, 0.6) is 0 Å². The average Bonchev–Trinajstić information content (AvgIpc) is 2.91. The molecule has 0 aliphatic heterocycles. The predicted molar refractivity (Wildman–Crippen MR) is 86.1 cm³/mol. The molecule has 3 aromatic rings. The number of nitrogens with zero attached hydrogens (tertiary/aromatic N) is 4. The van der Waals surface area contributed by atoms with Crippen LogP contribution in [-0.2, 0) is 6.42 Å². The Morgan fingerprint density at radius 2 is 2.00 bits per heavy atom. The second kappa shape index (κ2) is 5.75. The molecule has 1 unspecified atom stereocenters. The van der Waals surface area contributed by atoms with Gasteiger partial charge in [-0.3, -0.25) is 4.40 Å². The van der Waals surface area contributed by atoms with Gasteiger partial charge in [0, 0.05) is 35.4 Å². The van der Waals surface area contributed by atoms with Crippen molar-refractivity contribution in [2.24, 2.45) is 5.73 Å². The van der Waals surface area contributed by atoms with Crippen molar-refractivity contribution < 1.29 is 0 Å². The first kappa shape index (κ1) is 14.5. The minimum atomic E-state index is 0.0873. The highest BCUT2D eigenvalue weighted by Gasteiger charge is 2.17. The Labute approximate surface area is 131 Å². The number of aromatic nitrogens is 4. The van der Waals surface area contributed by atoms with E-state index in [-0.39, 0.29) is 6.04 Å². The number of hydrogen-bond donors (Lipinski definition) is 1. The quantitative estimate of drug-likeness (QED) is 0.749. The summed E-state index contributed by atoms with van der Waals surface area (Å²) in [5.41, 5.74) is 9.05. The molecule has 2 N–H and O–H groups in total. The van der Waals surface area contributed by atoms with Gasteiger partial charge in [-0.15, -0.1) is 11.3 Å². The van der Waals surface area contributed by atoms with Gasteiger partial charge in [0.05, 0.1) is 5.69 Å². The molecule has 0 bridgehead atoms. The maximum atomic E-state index is 5.98. The number of hydrogen-bond acceptors (Lipinski definition) is 6. The molecular formula is C14H17N5S2. The van der Waals surface area contributed by atoms with E-state index in [9.17, 15) is 0 Å². The zero-order valence-electron chi connectivity index (χ0n) is 12.2. The van der Waals surface area contributed by atoms with E-state index in [0.717, 1.165) is 38.6 Å². The van der Waals surface area contributed by atoms with Gasteiger partial charge in [0.15, 0.2) is 10.1 Å². The molecule has 0 aromatic carbocycles. The van der Waals surface area contributed by atoms with Gasteiger partial charge >= 0.3 is 0 Å². The minimum Gasteiger partial charge on any atom is -0.328 e. The second-order valence-corrected chi connectivity index (χ2v) is 6.96. The number of thiazole rings is 1. The third kappa shape index (κ3) is 3.09. The molecule has 0 radical (unpaired) electrons. The van der Waals surface area contributed by atoms with E-state index in [1.54, 1.807) is 11.3 Å². The fraction of sp³-hybridized carbons (Fsp3) is 0.357. The highest BCUT2D eigenvalue weighted by atomic mass is 32.2. The van der Waals surface area contributed by atoms with E-state index in [0.29, 0.717) is 0 Å². The van der Waals surface area contributed by atoms with Crippen LogP contribution in [0.15, 0.2) is 27.8 Å².